The van der Waals surface area contributed by atoms with Crippen molar-refractivity contribution in [3.63, 3.8) is 0 Å². The first-order valence-corrected chi connectivity index (χ1v) is 27.4. The molecule has 0 spiro atoms. The Labute approximate surface area is 380 Å². The molecule has 0 saturated heterocycles. The second-order valence-electron chi connectivity index (χ2n) is 19.3. The third-order valence-electron chi connectivity index (χ3n) is 12.5. The van der Waals surface area contributed by atoms with Gasteiger partial charge in [-0.05, 0) is 25.2 Å². The number of unbranched alkanes of at least 4 members (excludes halogenated alkanes) is 37. The molecule has 0 radical (unpaired) electrons. The van der Waals surface area contributed by atoms with Crippen molar-refractivity contribution in [3.05, 3.63) is 0 Å². The first kappa shape index (κ1) is 59.4. The average Bonchev–Trinajstić information content (AvgIpc) is 3.24. The minimum absolute atomic E-state index is 0.0628. The Kier molecular flexibility index (Phi) is 48.1. The lowest BCUT2D eigenvalue weighted by Gasteiger charge is -2.18. The van der Waals surface area contributed by atoms with Crippen LogP contribution >= 0.6 is 0 Å². The summed E-state index contributed by atoms with van der Waals surface area (Å²) in [6, 6.07) is 0. The maximum atomic E-state index is 12.8. The molecular weight excluding hydrogens is 757 g/mol. The number of rotatable bonds is 50. The molecule has 0 aromatic heterocycles. The number of hydrogen-bond donors (Lipinski definition) is 0. The van der Waals surface area contributed by atoms with Gasteiger partial charge in [0.2, 0.25) is 0 Å². The van der Waals surface area contributed by atoms with E-state index in [0.717, 1.165) is 63.7 Å². The van der Waals surface area contributed by atoms with Gasteiger partial charge in [-0.1, -0.05) is 272 Å². The quantitative estimate of drug-likeness (QED) is 0.0344. The summed E-state index contributed by atoms with van der Waals surface area (Å²) in [5.74, 6) is -0.00427. The molecule has 0 aliphatic heterocycles. The van der Waals surface area contributed by atoms with Crippen LogP contribution in [0.5, 0.6) is 0 Å². The average molecular weight is 863 g/mol. The van der Waals surface area contributed by atoms with Crippen LogP contribution < -0.4 is 0 Å². The van der Waals surface area contributed by atoms with E-state index in [2.05, 4.69) is 27.7 Å². The van der Waals surface area contributed by atoms with Crippen LogP contribution in [0.1, 0.15) is 310 Å². The minimum Gasteiger partial charge on any atom is -0.462 e. The Morgan fingerprint density at radius 2 is 0.541 bits per heavy atom. The fourth-order valence-corrected chi connectivity index (χ4v) is 8.39. The standard InChI is InChI=1S/C55H106O6/c1-5-7-9-11-13-14-15-16-17-18-19-20-21-25-28-31-35-39-43-47-54(57)60-50-52(49-59-53(56)46-42-38-33-12-10-8-6-2)61-55(58)48-44-40-36-32-29-26-23-22-24-27-30-34-37-41-45-51(3)4/h51-52H,5-50H2,1-4H3/t52-/m0/s1. The van der Waals surface area contributed by atoms with Gasteiger partial charge in [-0.2, -0.15) is 0 Å². The van der Waals surface area contributed by atoms with Crippen molar-refractivity contribution in [2.45, 2.75) is 316 Å². The highest BCUT2D eigenvalue weighted by Crippen LogP contribution is 2.18. The molecule has 0 bridgehead atoms. The minimum atomic E-state index is -0.760. The molecular formula is C55H106O6. The summed E-state index contributed by atoms with van der Waals surface area (Å²) < 4.78 is 16.8. The van der Waals surface area contributed by atoms with E-state index in [-0.39, 0.29) is 31.1 Å². The van der Waals surface area contributed by atoms with Gasteiger partial charge in [0.25, 0.3) is 0 Å². The summed E-state index contributed by atoms with van der Waals surface area (Å²) in [5, 5.41) is 0. The number of carbonyl (C=O) groups excluding carboxylic acids is 3. The first-order valence-electron chi connectivity index (χ1n) is 27.4. The normalized spacial score (nSPS) is 12.0. The number of hydrogen-bond acceptors (Lipinski definition) is 6. The fourth-order valence-electron chi connectivity index (χ4n) is 8.39. The second-order valence-corrected chi connectivity index (χ2v) is 19.3. The zero-order valence-electron chi connectivity index (χ0n) is 41.6. The summed E-state index contributed by atoms with van der Waals surface area (Å²) in [5.41, 5.74) is 0. The Bertz CT molecular complexity index is 918. The van der Waals surface area contributed by atoms with E-state index in [9.17, 15) is 14.4 Å². The van der Waals surface area contributed by atoms with Gasteiger partial charge >= 0.3 is 17.9 Å². The molecule has 61 heavy (non-hydrogen) atoms. The van der Waals surface area contributed by atoms with Gasteiger partial charge in [-0.15, -0.1) is 0 Å². The Hall–Kier alpha value is -1.59. The lowest BCUT2D eigenvalue weighted by Crippen LogP contribution is -2.30. The van der Waals surface area contributed by atoms with Crippen molar-refractivity contribution in [2.75, 3.05) is 13.2 Å². The van der Waals surface area contributed by atoms with Crippen molar-refractivity contribution < 1.29 is 28.6 Å². The van der Waals surface area contributed by atoms with Gasteiger partial charge in [-0.25, -0.2) is 0 Å². The SMILES string of the molecule is CCCCCCCCCCCCCCCCCCCCCC(=O)OC[C@H](COC(=O)CCCCCCCCC)OC(=O)CCCCCCCCCCCCCCCCC(C)C. The van der Waals surface area contributed by atoms with E-state index in [1.54, 1.807) is 0 Å². The molecule has 1 atom stereocenters. The van der Waals surface area contributed by atoms with E-state index in [0.29, 0.717) is 19.3 Å². The van der Waals surface area contributed by atoms with Crippen molar-refractivity contribution in [1.29, 1.82) is 0 Å². The highest BCUT2D eigenvalue weighted by atomic mass is 16.6. The molecule has 0 saturated carbocycles. The van der Waals surface area contributed by atoms with Crippen molar-refractivity contribution in [1.82, 2.24) is 0 Å². The Balaban J connectivity index is 4.15. The van der Waals surface area contributed by atoms with Crippen LogP contribution in [0.15, 0.2) is 0 Å². The summed E-state index contributed by atoms with van der Waals surface area (Å²) in [4.78, 5) is 37.9. The molecule has 362 valence electrons. The number of carbonyl (C=O) groups is 3. The van der Waals surface area contributed by atoms with Gasteiger partial charge < -0.3 is 14.2 Å². The topological polar surface area (TPSA) is 78.9 Å². The monoisotopic (exact) mass is 863 g/mol. The van der Waals surface area contributed by atoms with Crippen molar-refractivity contribution in [2.24, 2.45) is 5.92 Å². The van der Waals surface area contributed by atoms with E-state index >= 15 is 0 Å². The molecule has 0 heterocycles. The molecule has 0 aromatic rings. The highest BCUT2D eigenvalue weighted by molar-refractivity contribution is 5.71. The fraction of sp³-hybridized carbons (Fsp3) is 0.945. The van der Waals surface area contributed by atoms with E-state index in [1.165, 1.54) is 205 Å². The lowest BCUT2D eigenvalue weighted by molar-refractivity contribution is -0.167. The summed E-state index contributed by atoms with van der Waals surface area (Å²) >= 11 is 0. The van der Waals surface area contributed by atoms with Crippen LogP contribution in [0.4, 0.5) is 0 Å². The van der Waals surface area contributed by atoms with Crippen LogP contribution in [0.25, 0.3) is 0 Å². The molecule has 0 aliphatic carbocycles. The van der Waals surface area contributed by atoms with E-state index < -0.39 is 6.10 Å². The largest absolute Gasteiger partial charge is 0.462 e. The molecule has 0 amide bonds. The maximum Gasteiger partial charge on any atom is 0.306 e. The Morgan fingerprint density at radius 3 is 0.803 bits per heavy atom. The summed E-state index contributed by atoms with van der Waals surface area (Å²) in [6.07, 6.45) is 52.5. The summed E-state index contributed by atoms with van der Waals surface area (Å²) in [6.45, 7) is 9.01. The third kappa shape index (κ3) is 49.3. The smallest absolute Gasteiger partial charge is 0.306 e. The molecule has 0 unspecified atom stereocenters. The van der Waals surface area contributed by atoms with Crippen LogP contribution in [0, 0.1) is 5.92 Å². The first-order chi connectivity index (χ1) is 29.9. The molecule has 0 rings (SSSR count). The van der Waals surface area contributed by atoms with Crippen LogP contribution in [-0.4, -0.2) is 37.2 Å². The van der Waals surface area contributed by atoms with Gasteiger partial charge in [0.15, 0.2) is 6.10 Å². The van der Waals surface area contributed by atoms with Gasteiger partial charge in [0, 0.05) is 19.3 Å². The van der Waals surface area contributed by atoms with Crippen molar-refractivity contribution in [3.8, 4) is 0 Å². The number of esters is 3. The van der Waals surface area contributed by atoms with E-state index in [1.807, 2.05) is 0 Å². The van der Waals surface area contributed by atoms with E-state index in [4.69, 9.17) is 14.2 Å². The number of ether oxygens (including phenoxy) is 3. The van der Waals surface area contributed by atoms with Crippen LogP contribution in [-0.2, 0) is 28.6 Å². The molecule has 0 aliphatic rings. The van der Waals surface area contributed by atoms with Gasteiger partial charge in [0.1, 0.15) is 13.2 Å². The lowest BCUT2D eigenvalue weighted by atomic mass is 10.0. The Morgan fingerprint density at radius 1 is 0.311 bits per heavy atom. The predicted molar refractivity (Wildman–Crippen MR) is 261 cm³/mol. The zero-order valence-corrected chi connectivity index (χ0v) is 41.6. The van der Waals surface area contributed by atoms with Crippen LogP contribution in [0.2, 0.25) is 0 Å². The second kappa shape index (κ2) is 49.4. The summed E-state index contributed by atoms with van der Waals surface area (Å²) in [7, 11) is 0. The molecule has 6 nitrogen and oxygen atoms in total. The molecule has 6 heteroatoms. The maximum absolute atomic E-state index is 12.8. The highest BCUT2D eigenvalue weighted by Gasteiger charge is 2.19. The predicted octanol–water partition coefficient (Wildman–Crippen LogP) is 17.8. The zero-order chi connectivity index (χ0) is 44.5. The van der Waals surface area contributed by atoms with Crippen LogP contribution in [0.3, 0.4) is 0 Å². The molecule has 0 fully saturated rings. The van der Waals surface area contributed by atoms with Gasteiger partial charge in [0.05, 0.1) is 0 Å². The van der Waals surface area contributed by atoms with Crippen molar-refractivity contribution >= 4 is 17.9 Å². The molecule has 0 N–H and O–H groups in total. The third-order valence-corrected chi connectivity index (χ3v) is 12.5. The van der Waals surface area contributed by atoms with Gasteiger partial charge in [-0.3, -0.25) is 14.4 Å². The molecule has 0 aromatic carbocycles.